The minimum absolute atomic E-state index is 0.0570. The van der Waals surface area contributed by atoms with E-state index in [4.69, 9.17) is 37.4 Å². The van der Waals surface area contributed by atoms with Gasteiger partial charge in [-0.25, -0.2) is 9.59 Å². The molecule has 0 heterocycles. The number of rotatable bonds is 8. The number of ether oxygens (including phenoxy) is 3. The molecular formula is C15H17Cl2NO6. The highest BCUT2D eigenvalue weighted by molar-refractivity contribution is 6.35. The van der Waals surface area contributed by atoms with Crippen LogP contribution in [-0.2, 0) is 23.9 Å². The van der Waals surface area contributed by atoms with Gasteiger partial charge >= 0.3 is 11.9 Å². The topological polar surface area (TPSA) is 90.9 Å². The van der Waals surface area contributed by atoms with Gasteiger partial charge in [0.15, 0.2) is 6.61 Å². The second-order valence-corrected chi connectivity index (χ2v) is 5.21. The lowest BCUT2D eigenvalue weighted by atomic mass is 10.3. The van der Waals surface area contributed by atoms with Gasteiger partial charge in [-0.3, -0.25) is 4.79 Å². The van der Waals surface area contributed by atoms with Crippen LogP contribution < -0.4 is 10.1 Å². The third-order valence-electron chi connectivity index (χ3n) is 2.60. The monoisotopic (exact) mass is 377 g/mol. The van der Waals surface area contributed by atoms with Gasteiger partial charge in [0.2, 0.25) is 6.04 Å². The fraction of sp³-hybridized carbons (Fsp3) is 0.400. The summed E-state index contributed by atoms with van der Waals surface area (Å²) in [5, 5.41) is 2.85. The maximum atomic E-state index is 11.9. The summed E-state index contributed by atoms with van der Waals surface area (Å²) in [6.07, 6.45) is 0. The van der Waals surface area contributed by atoms with Gasteiger partial charge in [0.1, 0.15) is 5.75 Å². The van der Waals surface area contributed by atoms with Gasteiger partial charge in [0.05, 0.1) is 18.2 Å². The quantitative estimate of drug-likeness (QED) is 0.550. The van der Waals surface area contributed by atoms with E-state index in [1.807, 2.05) is 0 Å². The van der Waals surface area contributed by atoms with E-state index in [0.717, 1.165) is 0 Å². The molecule has 0 bridgehead atoms. The van der Waals surface area contributed by atoms with Crippen molar-refractivity contribution in [2.75, 3.05) is 19.8 Å². The number of carbonyl (C=O) groups is 3. The lowest BCUT2D eigenvalue weighted by molar-refractivity contribution is -0.159. The minimum Gasteiger partial charge on any atom is -0.482 e. The highest BCUT2D eigenvalue weighted by Gasteiger charge is 2.31. The average Bonchev–Trinajstić information content (AvgIpc) is 2.52. The first-order valence-corrected chi connectivity index (χ1v) is 7.85. The fourth-order valence-corrected chi connectivity index (χ4v) is 2.07. The van der Waals surface area contributed by atoms with Crippen molar-refractivity contribution in [1.82, 2.24) is 5.32 Å². The number of halogens is 2. The first-order chi connectivity index (χ1) is 11.4. The highest BCUT2D eigenvalue weighted by Crippen LogP contribution is 2.27. The summed E-state index contributed by atoms with van der Waals surface area (Å²) in [5.41, 5.74) is 0. The van der Waals surface area contributed by atoms with Crippen LogP contribution >= 0.6 is 23.2 Å². The molecule has 7 nitrogen and oxygen atoms in total. The summed E-state index contributed by atoms with van der Waals surface area (Å²) in [7, 11) is 0. The van der Waals surface area contributed by atoms with E-state index in [1.54, 1.807) is 19.9 Å². The number of amides is 1. The van der Waals surface area contributed by atoms with E-state index in [0.29, 0.717) is 5.02 Å². The molecule has 9 heteroatoms. The summed E-state index contributed by atoms with van der Waals surface area (Å²) in [5.74, 6) is -2.30. The third kappa shape index (κ3) is 6.25. The van der Waals surface area contributed by atoms with Crippen molar-refractivity contribution in [2.45, 2.75) is 19.9 Å². The lowest BCUT2D eigenvalue weighted by Gasteiger charge is -2.16. The first kappa shape index (κ1) is 20.1. The summed E-state index contributed by atoms with van der Waals surface area (Å²) in [4.78, 5) is 35.4. The van der Waals surface area contributed by atoms with Crippen LogP contribution in [0.25, 0.3) is 0 Å². The van der Waals surface area contributed by atoms with Crippen LogP contribution in [0.4, 0.5) is 0 Å². The Labute approximate surface area is 149 Å². The van der Waals surface area contributed by atoms with Crippen molar-refractivity contribution >= 4 is 41.0 Å². The van der Waals surface area contributed by atoms with Crippen molar-refractivity contribution in [3.05, 3.63) is 28.2 Å². The third-order valence-corrected chi connectivity index (χ3v) is 3.13. The standard InChI is InChI=1S/C15H17Cl2NO6/c1-3-22-14(20)13(15(21)23-4-2)18-12(19)8-24-11-6-5-9(16)7-10(11)17/h5-7,13H,3-4,8H2,1-2H3,(H,18,19). The zero-order valence-corrected chi connectivity index (χ0v) is 14.6. The van der Waals surface area contributed by atoms with E-state index >= 15 is 0 Å². The van der Waals surface area contributed by atoms with E-state index in [-0.39, 0.29) is 24.0 Å². The van der Waals surface area contributed by atoms with Crippen molar-refractivity contribution in [3.8, 4) is 5.75 Å². The van der Waals surface area contributed by atoms with Crippen molar-refractivity contribution in [1.29, 1.82) is 0 Å². The zero-order valence-electron chi connectivity index (χ0n) is 13.1. The Bertz CT molecular complexity index is 590. The second kappa shape index (κ2) is 10.00. The molecule has 1 aromatic carbocycles. The number of esters is 2. The Morgan fingerprint density at radius 2 is 1.67 bits per heavy atom. The summed E-state index contributed by atoms with van der Waals surface area (Å²) < 4.78 is 14.7. The maximum Gasteiger partial charge on any atom is 0.340 e. The molecule has 0 aliphatic heterocycles. The lowest BCUT2D eigenvalue weighted by Crippen LogP contribution is -2.49. The molecule has 24 heavy (non-hydrogen) atoms. The fourth-order valence-electron chi connectivity index (χ4n) is 1.60. The zero-order chi connectivity index (χ0) is 18.1. The van der Waals surface area contributed by atoms with Crippen molar-refractivity contribution in [3.63, 3.8) is 0 Å². The SMILES string of the molecule is CCOC(=O)C(NC(=O)COc1ccc(Cl)cc1Cl)C(=O)OCC. The molecular weight excluding hydrogens is 361 g/mol. The van der Waals surface area contributed by atoms with Crippen molar-refractivity contribution in [2.24, 2.45) is 0 Å². The van der Waals surface area contributed by atoms with Gasteiger partial charge in [-0.05, 0) is 32.0 Å². The van der Waals surface area contributed by atoms with Gasteiger partial charge < -0.3 is 19.5 Å². The molecule has 0 saturated heterocycles. The molecule has 0 spiro atoms. The Hall–Kier alpha value is -1.99. The van der Waals surface area contributed by atoms with E-state index < -0.39 is 30.5 Å². The molecule has 0 aliphatic rings. The van der Waals surface area contributed by atoms with Gasteiger partial charge in [-0.15, -0.1) is 0 Å². The summed E-state index contributed by atoms with van der Waals surface area (Å²) >= 11 is 11.7. The van der Waals surface area contributed by atoms with Crippen LogP contribution in [0.2, 0.25) is 10.0 Å². The molecule has 0 unspecified atom stereocenters. The smallest absolute Gasteiger partial charge is 0.340 e. The molecule has 1 N–H and O–H groups in total. The Balaban J connectivity index is 2.67. The van der Waals surface area contributed by atoms with E-state index in [2.05, 4.69) is 5.32 Å². The molecule has 1 aromatic rings. The molecule has 132 valence electrons. The predicted octanol–water partition coefficient (Wildman–Crippen LogP) is 1.98. The average molecular weight is 378 g/mol. The minimum atomic E-state index is -1.55. The Morgan fingerprint density at radius 3 is 2.17 bits per heavy atom. The number of nitrogens with one attached hydrogen (secondary N) is 1. The number of hydrogen-bond acceptors (Lipinski definition) is 6. The number of hydrogen-bond donors (Lipinski definition) is 1. The van der Waals surface area contributed by atoms with Gasteiger partial charge in [-0.1, -0.05) is 23.2 Å². The van der Waals surface area contributed by atoms with Crippen LogP contribution in [0.1, 0.15) is 13.8 Å². The molecule has 0 aliphatic carbocycles. The van der Waals surface area contributed by atoms with Crippen LogP contribution in [0.5, 0.6) is 5.75 Å². The Kier molecular flexibility index (Phi) is 8.35. The molecule has 0 saturated carbocycles. The molecule has 0 aromatic heterocycles. The largest absolute Gasteiger partial charge is 0.482 e. The van der Waals surface area contributed by atoms with Crippen LogP contribution in [-0.4, -0.2) is 43.7 Å². The van der Waals surface area contributed by atoms with E-state index in [9.17, 15) is 14.4 Å². The molecule has 1 amide bonds. The van der Waals surface area contributed by atoms with E-state index in [1.165, 1.54) is 12.1 Å². The van der Waals surface area contributed by atoms with Crippen LogP contribution in [0, 0.1) is 0 Å². The highest BCUT2D eigenvalue weighted by atomic mass is 35.5. The molecule has 1 rings (SSSR count). The molecule has 0 radical (unpaired) electrons. The normalized spacial score (nSPS) is 10.2. The maximum absolute atomic E-state index is 11.9. The molecule has 0 atom stereocenters. The molecule has 0 fully saturated rings. The predicted molar refractivity (Wildman–Crippen MR) is 87.2 cm³/mol. The summed E-state index contributed by atoms with van der Waals surface area (Å²) in [6, 6.07) is 2.94. The van der Waals surface area contributed by atoms with Crippen molar-refractivity contribution < 1.29 is 28.6 Å². The second-order valence-electron chi connectivity index (χ2n) is 4.37. The van der Waals surface area contributed by atoms with Crippen LogP contribution in [0.3, 0.4) is 0 Å². The Morgan fingerprint density at radius 1 is 1.08 bits per heavy atom. The van der Waals surface area contributed by atoms with Gasteiger partial charge in [0.25, 0.3) is 5.91 Å². The van der Waals surface area contributed by atoms with Gasteiger partial charge in [-0.2, -0.15) is 0 Å². The first-order valence-electron chi connectivity index (χ1n) is 7.09. The number of carbonyl (C=O) groups excluding carboxylic acids is 3. The summed E-state index contributed by atoms with van der Waals surface area (Å²) in [6.45, 7) is 2.81. The number of benzene rings is 1. The van der Waals surface area contributed by atoms with Gasteiger partial charge in [0, 0.05) is 5.02 Å². The van der Waals surface area contributed by atoms with Crippen LogP contribution in [0.15, 0.2) is 18.2 Å².